The molecule has 0 unspecified atom stereocenters. The summed E-state index contributed by atoms with van der Waals surface area (Å²) in [5.41, 5.74) is 3.39. The lowest BCUT2D eigenvalue weighted by Crippen LogP contribution is -2.35. The smallest absolute Gasteiger partial charge is 0.243 e. The molecule has 0 saturated carbocycles. The fourth-order valence-electron chi connectivity index (χ4n) is 4.66. The number of aryl methyl sites for hydroxylation is 2. The maximum Gasteiger partial charge on any atom is 0.243 e. The lowest BCUT2D eigenvalue weighted by Gasteiger charge is -2.25. The number of hydrogen-bond acceptors (Lipinski definition) is 5. The molecule has 4 rings (SSSR count). The van der Waals surface area contributed by atoms with E-state index in [1.54, 1.807) is 22.5 Å². The van der Waals surface area contributed by atoms with E-state index in [1.165, 1.54) is 0 Å². The van der Waals surface area contributed by atoms with Gasteiger partial charge in [-0.15, -0.1) is 0 Å². The highest BCUT2D eigenvalue weighted by atomic mass is 32.2. The summed E-state index contributed by atoms with van der Waals surface area (Å²) in [4.78, 5) is 19.7. The highest BCUT2D eigenvalue weighted by Crippen LogP contribution is 2.25. The maximum absolute atomic E-state index is 13.0. The van der Waals surface area contributed by atoms with E-state index in [0.717, 1.165) is 55.1 Å². The van der Waals surface area contributed by atoms with Gasteiger partial charge in [0.05, 0.1) is 15.9 Å². The Bertz CT molecular complexity index is 1270. The molecule has 0 spiro atoms. The minimum absolute atomic E-state index is 0.0824. The summed E-state index contributed by atoms with van der Waals surface area (Å²) in [5.74, 6) is 0.667. The number of hydrogen-bond donors (Lipinski definition) is 1. The van der Waals surface area contributed by atoms with Crippen molar-refractivity contribution < 1.29 is 13.2 Å². The Morgan fingerprint density at radius 3 is 2.37 bits per heavy atom. The van der Waals surface area contributed by atoms with Gasteiger partial charge in [0.15, 0.2) is 0 Å². The summed E-state index contributed by atoms with van der Waals surface area (Å²) in [6, 6.07) is 13.0. The largest absolute Gasteiger partial charge is 0.372 e. The molecule has 1 aliphatic rings. The second-order valence-electron chi connectivity index (χ2n) is 8.97. The van der Waals surface area contributed by atoms with Gasteiger partial charge in [-0.25, -0.2) is 13.4 Å². The summed E-state index contributed by atoms with van der Waals surface area (Å²) in [6.45, 7) is 7.25. The zero-order valence-electron chi connectivity index (χ0n) is 20.8. The lowest BCUT2D eigenvalue weighted by atomic mass is 10.2. The van der Waals surface area contributed by atoms with E-state index in [-0.39, 0.29) is 17.2 Å². The third-order valence-electron chi connectivity index (χ3n) is 6.75. The molecule has 0 aliphatic carbocycles. The molecular weight excluding hydrogens is 462 g/mol. The fraction of sp³-hybridized carbons (Fsp3) is 0.462. The average Bonchev–Trinajstić information content (AvgIpc) is 3.20. The standard InChI is InChI=1S/C26H35N5O3S/c1-4-30(5-2)21-11-9-20(10-12-21)27-26(32)16-15-25-28-23-19-22(13-14-24(23)29(25)3)35(33,34)31-17-7-6-8-18-31/h9-14,19H,4-8,15-18H2,1-3H3,(H,27,32). The van der Waals surface area contributed by atoms with Gasteiger partial charge in [0.1, 0.15) is 5.82 Å². The fourth-order valence-corrected chi connectivity index (χ4v) is 6.20. The molecule has 188 valence electrons. The number of piperidine rings is 1. The highest BCUT2D eigenvalue weighted by Gasteiger charge is 2.26. The van der Waals surface area contributed by atoms with Crippen LogP contribution in [0.2, 0.25) is 0 Å². The van der Waals surface area contributed by atoms with Crippen LogP contribution in [0.5, 0.6) is 0 Å². The van der Waals surface area contributed by atoms with Gasteiger partial charge in [0.25, 0.3) is 0 Å². The second-order valence-corrected chi connectivity index (χ2v) is 10.9. The molecule has 0 atom stereocenters. The molecule has 1 aromatic heterocycles. The van der Waals surface area contributed by atoms with Gasteiger partial charge in [-0.05, 0) is 69.2 Å². The lowest BCUT2D eigenvalue weighted by molar-refractivity contribution is -0.116. The summed E-state index contributed by atoms with van der Waals surface area (Å²) in [5, 5.41) is 2.95. The van der Waals surface area contributed by atoms with Crippen LogP contribution in [0.3, 0.4) is 0 Å². The molecular formula is C26H35N5O3S. The van der Waals surface area contributed by atoms with Crippen molar-refractivity contribution in [3.8, 4) is 0 Å². The number of carbonyl (C=O) groups is 1. The number of sulfonamides is 1. The van der Waals surface area contributed by atoms with Crippen LogP contribution >= 0.6 is 0 Å². The van der Waals surface area contributed by atoms with Crippen molar-refractivity contribution >= 4 is 38.3 Å². The number of anilines is 2. The highest BCUT2D eigenvalue weighted by molar-refractivity contribution is 7.89. The van der Waals surface area contributed by atoms with Crippen LogP contribution in [0.15, 0.2) is 47.4 Å². The maximum atomic E-state index is 13.0. The average molecular weight is 498 g/mol. The van der Waals surface area contributed by atoms with Crippen molar-refractivity contribution in [3.05, 3.63) is 48.3 Å². The van der Waals surface area contributed by atoms with E-state index in [2.05, 4.69) is 29.0 Å². The van der Waals surface area contributed by atoms with E-state index >= 15 is 0 Å². The number of aromatic nitrogens is 2. The number of rotatable bonds is 9. The van der Waals surface area contributed by atoms with Gasteiger partial charge in [-0.2, -0.15) is 4.31 Å². The minimum atomic E-state index is -3.51. The minimum Gasteiger partial charge on any atom is -0.372 e. The number of imidazole rings is 1. The number of carbonyl (C=O) groups excluding carboxylic acids is 1. The molecule has 3 aromatic rings. The number of amides is 1. The Morgan fingerprint density at radius 1 is 1.03 bits per heavy atom. The monoisotopic (exact) mass is 497 g/mol. The normalized spacial score (nSPS) is 14.8. The molecule has 2 aromatic carbocycles. The number of nitrogens with zero attached hydrogens (tertiary/aromatic N) is 4. The van der Waals surface area contributed by atoms with Crippen molar-refractivity contribution in [2.24, 2.45) is 7.05 Å². The molecule has 0 radical (unpaired) electrons. The second kappa shape index (κ2) is 10.8. The molecule has 1 aliphatic heterocycles. The Morgan fingerprint density at radius 2 is 1.71 bits per heavy atom. The van der Waals surface area contributed by atoms with Crippen LogP contribution in [0, 0.1) is 0 Å². The molecule has 8 nitrogen and oxygen atoms in total. The van der Waals surface area contributed by atoms with Gasteiger partial charge in [0, 0.05) is 57.4 Å². The van der Waals surface area contributed by atoms with Crippen LogP contribution in [-0.4, -0.2) is 54.4 Å². The molecule has 1 N–H and O–H groups in total. The van der Waals surface area contributed by atoms with E-state index in [9.17, 15) is 13.2 Å². The quantitative estimate of drug-likeness (QED) is 0.480. The summed E-state index contributed by atoms with van der Waals surface area (Å²) in [7, 11) is -1.62. The summed E-state index contributed by atoms with van der Waals surface area (Å²) < 4.78 is 29.6. The first-order valence-electron chi connectivity index (χ1n) is 12.4. The van der Waals surface area contributed by atoms with E-state index in [4.69, 9.17) is 0 Å². The molecule has 2 heterocycles. The van der Waals surface area contributed by atoms with Gasteiger partial charge >= 0.3 is 0 Å². The molecule has 9 heteroatoms. The van der Waals surface area contributed by atoms with Crippen molar-refractivity contribution in [1.82, 2.24) is 13.9 Å². The van der Waals surface area contributed by atoms with Gasteiger partial charge in [0.2, 0.25) is 15.9 Å². The van der Waals surface area contributed by atoms with Crippen molar-refractivity contribution in [3.63, 3.8) is 0 Å². The first-order chi connectivity index (χ1) is 16.8. The van der Waals surface area contributed by atoms with Gasteiger partial charge in [-0.1, -0.05) is 6.42 Å². The third kappa shape index (κ3) is 5.51. The molecule has 1 saturated heterocycles. The van der Waals surface area contributed by atoms with Gasteiger partial charge in [-0.3, -0.25) is 4.79 Å². The Balaban J connectivity index is 1.42. The molecule has 35 heavy (non-hydrogen) atoms. The number of fused-ring (bicyclic) bond motifs is 1. The summed E-state index contributed by atoms with van der Waals surface area (Å²) in [6.07, 6.45) is 3.62. The van der Waals surface area contributed by atoms with E-state index in [1.807, 2.05) is 35.9 Å². The van der Waals surface area contributed by atoms with Crippen LogP contribution in [0.4, 0.5) is 11.4 Å². The van der Waals surface area contributed by atoms with Crippen LogP contribution in [0.25, 0.3) is 11.0 Å². The zero-order valence-corrected chi connectivity index (χ0v) is 21.6. The topological polar surface area (TPSA) is 87.5 Å². The Hall–Kier alpha value is -2.91. The Kier molecular flexibility index (Phi) is 7.76. The predicted molar refractivity (Wildman–Crippen MR) is 140 cm³/mol. The molecule has 0 bridgehead atoms. The summed E-state index contributed by atoms with van der Waals surface area (Å²) >= 11 is 0. The van der Waals surface area contributed by atoms with E-state index in [0.29, 0.717) is 25.0 Å². The number of benzene rings is 2. The molecule has 1 fully saturated rings. The first-order valence-corrected chi connectivity index (χ1v) is 13.9. The first kappa shape index (κ1) is 25.2. The third-order valence-corrected chi connectivity index (χ3v) is 8.65. The van der Waals surface area contributed by atoms with Crippen molar-refractivity contribution in [2.45, 2.75) is 50.8 Å². The molecule has 1 amide bonds. The van der Waals surface area contributed by atoms with Gasteiger partial charge < -0.3 is 14.8 Å². The van der Waals surface area contributed by atoms with Crippen LogP contribution in [0.1, 0.15) is 45.4 Å². The Labute approximate surface area is 208 Å². The van der Waals surface area contributed by atoms with Crippen LogP contribution < -0.4 is 10.2 Å². The van der Waals surface area contributed by atoms with Crippen molar-refractivity contribution in [2.75, 3.05) is 36.4 Å². The van der Waals surface area contributed by atoms with E-state index < -0.39 is 10.0 Å². The number of nitrogens with one attached hydrogen (secondary N) is 1. The SMILES string of the molecule is CCN(CC)c1ccc(NC(=O)CCc2nc3cc(S(=O)(=O)N4CCCCC4)ccc3n2C)cc1. The zero-order chi connectivity index (χ0) is 25.0. The van der Waals surface area contributed by atoms with Crippen molar-refractivity contribution in [1.29, 1.82) is 0 Å². The predicted octanol–water partition coefficient (Wildman–Crippen LogP) is 4.17. The van der Waals surface area contributed by atoms with Crippen LogP contribution in [-0.2, 0) is 28.3 Å².